The average molecular weight is 396 g/mol. The molecule has 0 aromatic rings. The summed E-state index contributed by atoms with van der Waals surface area (Å²) in [4.78, 5) is 14.3. The maximum Gasteiger partial charge on any atom is 0.318 e. The minimum atomic E-state index is -3.54. The number of guanidine groups is 1. The molecule has 0 aliphatic carbocycles. The third-order valence-corrected chi connectivity index (χ3v) is 5.74. The monoisotopic (exact) mass is 395 g/mol. The van der Waals surface area contributed by atoms with E-state index >= 15 is 0 Å². The molecular weight excluding hydrogens is 358 g/mol. The Morgan fingerprint density at radius 1 is 1.00 bits per heavy atom. The fourth-order valence-electron chi connectivity index (χ4n) is 2.23. The molecule has 9 N–H and O–H groups in total. The van der Waals surface area contributed by atoms with Crippen molar-refractivity contribution >= 4 is 21.8 Å². The molecule has 1 atom stereocenters. The van der Waals surface area contributed by atoms with Gasteiger partial charge in [-0.2, -0.15) is 0 Å². The van der Waals surface area contributed by atoms with Crippen molar-refractivity contribution in [3.05, 3.63) is 0 Å². The van der Waals surface area contributed by atoms with E-state index in [1.165, 1.54) is 6.42 Å². The van der Waals surface area contributed by atoms with E-state index < -0.39 is 26.8 Å². The van der Waals surface area contributed by atoms with Crippen LogP contribution in [0.5, 0.6) is 0 Å². The van der Waals surface area contributed by atoms with Crippen molar-refractivity contribution in [1.82, 2.24) is 0 Å². The van der Waals surface area contributed by atoms with Crippen molar-refractivity contribution in [1.29, 1.82) is 0 Å². The molecular formula is C16H37N5O4S. The summed E-state index contributed by atoms with van der Waals surface area (Å²) >= 11 is 0. The van der Waals surface area contributed by atoms with Crippen LogP contribution >= 0.6 is 0 Å². The number of nitrogens with two attached hydrogens (primary N) is 4. The maximum atomic E-state index is 11.6. The molecule has 0 aliphatic rings. The van der Waals surface area contributed by atoms with Gasteiger partial charge in [-0.05, 0) is 38.8 Å². The molecule has 1 unspecified atom stereocenters. The van der Waals surface area contributed by atoms with Gasteiger partial charge in [0.15, 0.2) is 15.8 Å². The van der Waals surface area contributed by atoms with Crippen LogP contribution in [0.4, 0.5) is 0 Å². The van der Waals surface area contributed by atoms with Gasteiger partial charge >= 0.3 is 5.97 Å². The number of aliphatic carboxylic acids is 1. The summed E-state index contributed by atoms with van der Waals surface area (Å²) in [5, 5.41) is 7.88. The summed E-state index contributed by atoms with van der Waals surface area (Å²) in [6, 6.07) is 0. The van der Waals surface area contributed by atoms with E-state index in [1.807, 2.05) is 6.92 Å². The molecule has 0 rings (SSSR count). The number of unbranched alkanes of at least 4 members (excludes halogenated alkanes) is 4. The number of carboxylic acid groups (broad SMARTS) is 1. The molecule has 0 heterocycles. The number of hydrogen-bond donors (Lipinski definition) is 5. The van der Waals surface area contributed by atoms with E-state index in [0.717, 1.165) is 45.2 Å². The second-order valence-corrected chi connectivity index (χ2v) is 8.33. The summed E-state index contributed by atoms with van der Waals surface area (Å²) in [6.45, 7) is 3.76. The number of nitrogens with zero attached hydrogens (tertiary/aromatic N) is 1. The number of rotatable bonds is 14. The van der Waals surface area contributed by atoms with Crippen molar-refractivity contribution in [2.45, 2.75) is 63.5 Å². The highest BCUT2D eigenvalue weighted by Crippen LogP contribution is 2.14. The number of carboxylic acids is 1. The standard InChI is InChI=1S/C9H19NO4S.C7H18N4/c1-2-3-4-8(5-6-10)15(13,14)7-9(11)12;8-5-3-1-2-4-6-11-7(9)10/h8H,2-7,10H2,1H3,(H,11,12);1-6,8H2,(H4,9,10,11). The van der Waals surface area contributed by atoms with Crippen LogP contribution in [0.25, 0.3) is 0 Å². The van der Waals surface area contributed by atoms with Gasteiger partial charge in [0.25, 0.3) is 0 Å². The predicted octanol–water partition coefficient (Wildman–Crippen LogP) is 0.172. The maximum absolute atomic E-state index is 11.6. The van der Waals surface area contributed by atoms with Gasteiger partial charge in [0.2, 0.25) is 0 Å². The van der Waals surface area contributed by atoms with Crippen LogP contribution in [-0.2, 0) is 14.6 Å². The SMILES string of the molecule is CCCCC(CCN)S(=O)(=O)CC(=O)O.NCCCCCCN=C(N)N. The van der Waals surface area contributed by atoms with Crippen LogP contribution < -0.4 is 22.9 Å². The Bertz CT molecular complexity index is 479. The summed E-state index contributed by atoms with van der Waals surface area (Å²) in [7, 11) is -3.54. The Morgan fingerprint density at radius 3 is 2.08 bits per heavy atom. The third-order valence-electron chi connectivity index (χ3n) is 3.61. The zero-order chi connectivity index (χ0) is 20.4. The zero-order valence-electron chi connectivity index (χ0n) is 15.9. The summed E-state index contributed by atoms with van der Waals surface area (Å²) < 4.78 is 23.2. The molecule has 26 heavy (non-hydrogen) atoms. The molecule has 0 aromatic heterocycles. The topological polar surface area (TPSA) is 188 Å². The third kappa shape index (κ3) is 17.4. The van der Waals surface area contributed by atoms with Gasteiger partial charge in [0.05, 0.1) is 5.25 Å². The van der Waals surface area contributed by atoms with Gasteiger partial charge in [-0.1, -0.05) is 32.6 Å². The first-order chi connectivity index (χ1) is 12.2. The Morgan fingerprint density at radius 2 is 1.62 bits per heavy atom. The fraction of sp³-hybridized carbons (Fsp3) is 0.875. The van der Waals surface area contributed by atoms with Gasteiger partial charge in [-0.3, -0.25) is 9.79 Å². The number of carbonyl (C=O) groups is 1. The zero-order valence-corrected chi connectivity index (χ0v) is 16.7. The van der Waals surface area contributed by atoms with E-state index in [2.05, 4.69) is 4.99 Å². The van der Waals surface area contributed by atoms with Crippen LogP contribution in [0.1, 0.15) is 58.3 Å². The molecule has 10 heteroatoms. The van der Waals surface area contributed by atoms with Crippen LogP contribution in [0.15, 0.2) is 4.99 Å². The van der Waals surface area contributed by atoms with Crippen molar-refractivity contribution in [2.75, 3.05) is 25.4 Å². The lowest BCUT2D eigenvalue weighted by atomic mass is 10.1. The van der Waals surface area contributed by atoms with Crippen LogP contribution in [0, 0.1) is 0 Å². The number of aliphatic imine (C=N–C) groups is 1. The molecule has 0 aromatic carbocycles. The van der Waals surface area contributed by atoms with E-state index in [4.69, 9.17) is 28.0 Å². The van der Waals surface area contributed by atoms with Gasteiger partial charge < -0.3 is 28.0 Å². The molecule has 0 spiro atoms. The Labute approximate surface area is 157 Å². The quantitative estimate of drug-likeness (QED) is 0.156. The molecule has 0 saturated carbocycles. The molecule has 0 amide bonds. The van der Waals surface area contributed by atoms with Crippen LogP contribution in [0.2, 0.25) is 0 Å². The van der Waals surface area contributed by atoms with Crippen molar-refractivity contribution in [2.24, 2.45) is 27.9 Å². The van der Waals surface area contributed by atoms with Crippen molar-refractivity contribution in [3.8, 4) is 0 Å². The molecule has 0 bridgehead atoms. The van der Waals surface area contributed by atoms with E-state index in [9.17, 15) is 13.2 Å². The van der Waals surface area contributed by atoms with E-state index in [1.54, 1.807) is 0 Å². The molecule has 0 fully saturated rings. The lowest BCUT2D eigenvalue weighted by molar-refractivity contribution is -0.134. The molecule has 0 saturated heterocycles. The molecule has 156 valence electrons. The number of sulfone groups is 1. The molecule has 0 radical (unpaired) electrons. The van der Waals surface area contributed by atoms with E-state index in [-0.39, 0.29) is 12.5 Å². The average Bonchev–Trinajstić information content (AvgIpc) is 2.53. The highest BCUT2D eigenvalue weighted by Gasteiger charge is 2.26. The smallest absolute Gasteiger partial charge is 0.318 e. The highest BCUT2D eigenvalue weighted by atomic mass is 32.2. The molecule has 9 nitrogen and oxygen atoms in total. The van der Waals surface area contributed by atoms with Crippen molar-refractivity contribution in [3.63, 3.8) is 0 Å². The minimum Gasteiger partial charge on any atom is -0.480 e. The van der Waals surface area contributed by atoms with Crippen molar-refractivity contribution < 1.29 is 18.3 Å². The van der Waals surface area contributed by atoms with Crippen LogP contribution in [0.3, 0.4) is 0 Å². The van der Waals surface area contributed by atoms with Gasteiger partial charge in [0, 0.05) is 6.54 Å². The fourth-order valence-corrected chi connectivity index (χ4v) is 3.83. The first-order valence-electron chi connectivity index (χ1n) is 9.10. The predicted molar refractivity (Wildman–Crippen MR) is 107 cm³/mol. The van der Waals surface area contributed by atoms with Gasteiger partial charge in [-0.15, -0.1) is 0 Å². The van der Waals surface area contributed by atoms with Gasteiger partial charge in [0.1, 0.15) is 5.75 Å². The first-order valence-corrected chi connectivity index (χ1v) is 10.8. The highest BCUT2D eigenvalue weighted by molar-refractivity contribution is 7.92. The van der Waals surface area contributed by atoms with Gasteiger partial charge in [-0.25, -0.2) is 8.42 Å². The largest absolute Gasteiger partial charge is 0.480 e. The summed E-state index contributed by atoms with van der Waals surface area (Å²) in [5.74, 6) is -1.90. The van der Waals surface area contributed by atoms with Crippen LogP contribution in [-0.4, -0.2) is 56.1 Å². The molecule has 0 aliphatic heterocycles. The second kappa shape index (κ2) is 17.0. The van der Waals surface area contributed by atoms with E-state index in [0.29, 0.717) is 12.8 Å². The first kappa shape index (κ1) is 26.8. The lowest BCUT2D eigenvalue weighted by Crippen LogP contribution is -2.30. The Balaban J connectivity index is 0. The lowest BCUT2D eigenvalue weighted by Gasteiger charge is -2.14. The summed E-state index contributed by atoms with van der Waals surface area (Å²) in [6.07, 6.45) is 7.01. The minimum absolute atomic E-state index is 0.184. The number of hydrogen-bond acceptors (Lipinski definition) is 6. The Kier molecular flexibility index (Phi) is 17.6. The Hall–Kier alpha value is -1.39. The second-order valence-electron chi connectivity index (χ2n) is 6.05. The normalized spacial score (nSPS) is 12.0. The summed E-state index contributed by atoms with van der Waals surface area (Å²) in [5.41, 5.74) is 20.9.